The number of hydrogen-bond donors (Lipinski definition) is 0. The van der Waals surface area contributed by atoms with Gasteiger partial charge in [-0.05, 0) is 37.9 Å². The number of thiazole rings is 1. The van der Waals surface area contributed by atoms with E-state index in [2.05, 4.69) is 47.9 Å². The van der Waals surface area contributed by atoms with Crippen LogP contribution in [0, 0.1) is 11.3 Å². The number of rotatable bonds is 2. The van der Waals surface area contributed by atoms with Crippen LogP contribution < -0.4 is 0 Å². The van der Waals surface area contributed by atoms with E-state index in [1.807, 2.05) is 11.4 Å². The SMILES string of the molecule is N#CCc1csc(-c2ncc(Br)cc2Br)n1. The zero-order valence-corrected chi connectivity index (χ0v) is 11.9. The van der Waals surface area contributed by atoms with Gasteiger partial charge in [0.1, 0.15) is 10.7 Å². The lowest BCUT2D eigenvalue weighted by Gasteiger charge is -1.99. The van der Waals surface area contributed by atoms with Crippen LogP contribution in [0.15, 0.2) is 26.6 Å². The second-order valence-corrected chi connectivity index (χ2v) is 5.59. The number of pyridine rings is 1. The van der Waals surface area contributed by atoms with Gasteiger partial charge in [-0.1, -0.05) is 0 Å². The molecule has 0 fully saturated rings. The summed E-state index contributed by atoms with van der Waals surface area (Å²) in [7, 11) is 0. The molecule has 0 aromatic carbocycles. The number of nitriles is 1. The molecule has 0 aliphatic carbocycles. The maximum absolute atomic E-state index is 8.57. The molecule has 0 N–H and O–H groups in total. The zero-order chi connectivity index (χ0) is 11.5. The summed E-state index contributed by atoms with van der Waals surface area (Å²) in [6.45, 7) is 0. The van der Waals surface area contributed by atoms with E-state index in [1.54, 1.807) is 6.20 Å². The molecule has 0 saturated heterocycles. The van der Waals surface area contributed by atoms with Crippen molar-refractivity contribution in [2.24, 2.45) is 0 Å². The minimum Gasteiger partial charge on any atom is -0.251 e. The van der Waals surface area contributed by atoms with E-state index in [4.69, 9.17) is 5.26 Å². The lowest BCUT2D eigenvalue weighted by Crippen LogP contribution is -1.86. The molecule has 0 atom stereocenters. The number of hydrogen-bond acceptors (Lipinski definition) is 4. The Kier molecular flexibility index (Phi) is 3.69. The van der Waals surface area contributed by atoms with Crippen LogP contribution in [0.2, 0.25) is 0 Å². The second-order valence-electron chi connectivity index (χ2n) is 2.96. The first-order valence-electron chi connectivity index (χ1n) is 4.33. The third kappa shape index (κ3) is 2.48. The summed E-state index contributed by atoms with van der Waals surface area (Å²) in [6, 6.07) is 4.00. The van der Waals surface area contributed by atoms with Crippen molar-refractivity contribution in [2.45, 2.75) is 6.42 Å². The van der Waals surface area contributed by atoms with Gasteiger partial charge in [0.05, 0.1) is 18.2 Å². The highest BCUT2D eigenvalue weighted by atomic mass is 79.9. The van der Waals surface area contributed by atoms with E-state index in [0.29, 0.717) is 6.42 Å². The smallest absolute Gasteiger partial charge is 0.143 e. The quantitative estimate of drug-likeness (QED) is 0.820. The fourth-order valence-electron chi connectivity index (χ4n) is 1.15. The average molecular weight is 359 g/mol. The van der Waals surface area contributed by atoms with Crippen molar-refractivity contribution in [1.29, 1.82) is 5.26 Å². The van der Waals surface area contributed by atoms with Crippen LogP contribution in [0.25, 0.3) is 10.7 Å². The van der Waals surface area contributed by atoms with Crippen LogP contribution in [0.5, 0.6) is 0 Å². The summed E-state index contributed by atoms with van der Waals surface area (Å²) >= 11 is 8.28. The van der Waals surface area contributed by atoms with Gasteiger partial charge in [0.25, 0.3) is 0 Å². The van der Waals surface area contributed by atoms with Crippen molar-refractivity contribution in [3.8, 4) is 16.8 Å². The fraction of sp³-hybridized carbons (Fsp3) is 0.100. The average Bonchev–Trinajstić information content (AvgIpc) is 2.67. The first kappa shape index (κ1) is 11.7. The topological polar surface area (TPSA) is 49.6 Å². The van der Waals surface area contributed by atoms with Crippen LogP contribution in [-0.4, -0.2) is 9.97 Å². The van der Waals surface area contributed by atoms with Crippen molar-refractivity contribution < 1.29 is 0 Å². The summed E-state index contributed by atoms with van der Waals surface area (Å²) in [5.41, 5.74) is 1.59. The highest BCUT2D eigenvalue weighted by molar-refractivity contribution is 9.11. The standard InChI is InChI=1S/C10H5Br2N3S/c11-6-3-8(12)9(14-4-6)10-15-7(1-2-13)5-16-10/h3-5H,1H2. The summed E-state index contributed by atoms with van der Waals surface area (Å²) < 4.78 is 1.80. The monoisotopic (exact) mass is 357 g/mol. The summed E-state index contributed by atoms with van der Waals surface area (Å²) in [6.07, 6.45) is 2.07. The number of aromatic nitrogens is 2. The van der Waals surface area contributed by atoms with E-state index >= 15 is 0 Å². The third-order valence-electron chi connectivity index (χ3n) is 1.82. The Morgan fingerprint density at radius 3 is 2.94 bits per heavy atom. The molecule has 2 aromatic heterocycles. The summed E-state index contributed by atoms with van der Waals surface area (Å²) in [5, 5.41) is 11.3. The number of halogens is 2. The van der Waals surface area contributed by atoms with Gasteiger partial charge in [-0.25, -0.2) is 4.98 Å². The van der Waals surface area contributed by atoms with E-state index in [1.165, 1.54) is 11.3 Å². The van der Waals surface area contributed by atoms with Crippen molar-refractivity contribution in [2.75, 3.05) is 0 Å². The highest BCUT2D eigenvalue weighted by Crippen LogP contribution is 2.30. The number of nitrogens with zero attached hydrogens (tertiary/aromatic N) is 3. The molecule has 0 bridgehead atoms. The normalized spacial score (nSPS) is 10.1. The maximum atomic E-state index is 8.57. The van der Waals surface area contributed by atoms with Crippen molar-refractivity contribution >= 4 is 43.2 Å². The maximum Gasteiger partial charge on any atom is 0.143 e. The molecule has 2 rings (SSSR count). The minimum absolute atomic E-state index is 0.338. The molecule has 80 valence electrons. The molecule has 0 amide bonds. The summed E-state index contributed by atoms with van der Waals surface area (Å²) in [4.78, 5) is 8.64. The molecule has 3 nitrogen and oxygen atoms in total. The Morgan fingerprint density at radius 1 is 1.44 bits per heavy atom. The van der Waals surface area contributed by atoms with Gasteiger partial charge in [0.15, 0.2) is 0 Å². The molecule has 0 aliphatic heterocycles. The van der Waals surface area contributed by atoms with E-state index in [9.17, 15) is 0 Å². The van der Waals surface area contributed by atoms with Crippen molar-refractivity contribution in [3.63, 3.8) is 0 Å². The zero-order valence-electron chi connectivity index (χ0n) is 7.94. The van der Waals surface area contributed by atoms with Gasteiger partial charge in [-0.3, -0.25) is 4.98 Å². The Bertz CT molecular complexity index is 559. The predicted molar refractivity (Wildman–Crippen MR) is 70.1 cm³/mol. The third-order valence-corrected chi connectivity index (χ3v) is 3.76. The first-order chi connectivity index (χ1) is 7.70. The van der Waals surface area contributed by atoms with Crippen LogP contribution >= 0.6 is 43.2 Å². The Balaban J connectivity index is 2.39. The molecule has 2 heterocycles. The van der Waals surface area contributed by atoms with Crippen LogP contribution in [-0.2, 0) is 6.42 Å². The molecule has 0 radical (unpaired) electrons. The lowest BCUT2D eigenvalue weighted by atomic mass is 10.3. The molecule has 6 heteroatoms. The van der Waals surface area contributed by atoms with Crippen LogP contribution in [0.3, 0.4) is 0 Å². The van der Waals surface area contributed by atoms with Gasteiger partial charge in [0, 0.05) is 20.5 Å². The minimum atomic E-state index is 0.338. The highest BCUT2D eigenvalue weighted by Gasteiger charge is 2.09. The van der Waals surface area contributed by atoms with E-state index in [-0.39, 0.29) is 0 Å². The van der Waals surface area contributed by atoms with Crippen LogP contribution in [0.4, 0.5) is 0 Å². The lowest BCUT2D eigenvalue weighted by molar-refractivity contribution is 1.15. The van der Waals surface area contributed by atoms with Crippen molar-refractivity contribution in [3.05, 3.63) is 32.3 Å². The Hall–Kier alpha value is -0.770. The van der Waals surface area contributed by atoms with Gasteiger partial charge < -0.3 is 0 Å². The van der Waals surface area contributed by atoms with Gasteiger partial charge in [-0.15, -0.1) is 11.3 Å². The van der Waals surface area contributed by atoms with Gasteiger partial charge in [-0.2, -0.15) is 5.26 Å². The largest absolute Gasteiger partial charge is 0.251 e. The fourth-order valence-corrected chi connectivity index (χ4v) is 3.28. The Morgan fingerprint density at radius 2 is 2.25 bits per heavy atom. The second kappa shape index (κ2) is 5.04. The molecule has 0 spiro atoms. The molecule has 16 heavy (non-hydrogen) atoms. The molecule has 2 aromatic rings. The van der Waals surface area contributed by atoms with Gasteiger partial charge in [0.2, 0.25) is 0 Å². The molecule has 0 aliphatic rings. The summed E-state index contributed by atoms with van der Waals surface area (Å²) in [5.74, 6) is 0. The molecular weight excluding hydrogens is 354 g/mol. The predicted octanol–water partition coefficient (Wildman–Crippen LogP) is 3.80. The molecule has 0 saturated carbocycles. The molecular formula is C10H5Br2N3S. The van der Waals surface area contributed by atoms with Crippen molar-refractivity contribution in [1.82, 2.24) is 9.97 Å². The van der Waals surface area contributed by atoms with E-state index in [0.717, 1.165) is 25.3 Å². The molecule has 0 unspecified atom stereocenters. The van der Waals surface area contributed by atoms with Gasteiger partial charge >= 0.3 is 0 Å². The van der Waals surface area contributed by atoms with Crippen LogP contribution in [0.1, 0.15) is 5.69 Å². The Labute approximate surface area is 113 Å². The first-order valence-corrected chi connectivity index (χ1v) is 6.80. The van der Waals surface area contributed by atoms with E-state index < -0.39 is 0 Å².